The summed E-state index contributed by atoms with van der Waals surface area (Å²) in [6.45, 7) is 2.55. The van der Waals surface area contributed by atoms with E-state index in [4.69, 9.17) is 30.3 Å². The van der Waals surface area contributed by atoms with Crippen molar-refractivity contribution in [1.29, 1.82) is 0 Å². The summed E-state index contributed by atoms with van der Waals surface area (Å²) in [6.07, 6.45) is -7.61. The Balaban J connectivity index is 0.000000244. The fourth-order valence-corrected chi connectivity index (χ4v) is 2.88. The molecule has 3 heterocycles. The first-order valence-electron chi connectivity index (χ1n) is 9.72. The molecular formula is C17H22F6N6O5. The number of aromatic nitrogens is 2. The molecule has 1 aromatic rings. The van der Waals surface area contributed by atoms with Crippen molar-refractivity contribution in [3.63, 3.8) is 0 Å². The summed E-state index contributed by atoms with van der Waals surface area (Å²) in [7, 11) is 1.98. The van der Waals surface area contributed by atoms with Gasteiger partial charge in [-0.3, -0.25) is 0 Å². The van der Waals surface area contributed by atoms with Crippen molar-refractivity contribution < 1.29 is 50.9 Å². The molecule has 0 radical (unpaired) electrons. The highest BCUT2D eigenvalue weighted by molar-refractivity contribution is 5.73. The molecule has 11 nitrogen and oxygen atoms in total. The molecule has 0 spiro atoms. The zero-order chi connectivity index (χ0) is 25.8. The number of likely N-dealkylation sites (N-methyl/N-ethyl adjacent to an activating group) is 1. The topological polar surface area (TPSA) is 163 Å². The van der Waals surface area contributed by atoms with Crippen LogP contribution in [-0.4, -0.2) is 83.3 Å². The predicted molar refractivity (Wildman–Crippen MR) is 105 cm³/mol. The number of hydrogen-bond donors (Lipinski definition) is 5. The lowest BCUT2D eigenvalue weighted by Gasteiger charge is -2.41. The molecule has 1 aromatic heterocycles. The van der Waals surface area contributed by atoms with E-state index in [0.717, 1.165) is 36.4 Å². The minimum Gasteiger partial charge on any atom is -0.484 e. The van der Waals surface area contributed by atoms with Crippen molar-refractivity contribution >= 4 is 29.5 Å². The van der Waals surface area contributed by atoms with Crippen LogP contribution < -0.4 is 26.0 Å². The Labute approximate surface area is 188 Å². The first-order valence-corrected chi connectivity index (χ1v) is 9.72. The lowest BCUT2D eigenvalue weighted by molar-refractivity contribution is -0.193. The van der Waals surface area contributed by atoms with Crippen molar-refractivity contribution in [3.05, 3.63) is 0 Å². The van der Waals surface area contributed by atoms with E-state index in [1.54, 1.807) is 0 Å². The molecule has 0 unspecified atom stereocenters. The van der Waals surface area contributed by atoms with Gasteiger partial charge in [0.1, 0.15) is 6.61 Å². The molecule has 1 saturated heterocycles. The number of halogens is 6. The third-order valence-electron chi connectivity index (χ3n) is 4.86. The quantitative estimate of drug-likeness (QED) is 0.377. The normalized spacial score (nSPS) is 19.6. The highest BCUT2D eigenvalue weighted by Crippen LogP contribution is 2.42. The van der Waals surface area contributed by atoms with Crippen LogP contribution in [0.2, 0.25) is 0 Å². The minimum atomic E-state index is -5.08. The lowest BCUT2D eigenvalue weighted by Crippen LogP contribution is -2.57. The van der Waals surface area contributed by atoms with Crippen LogP contribution in [0.1, 0.15) is 12.8 Å². The number of ether oxygens (including phenoxy) is 1. The third kappa shape index (κ3) is 7.39. The average molecular weight is 504 g/mol. The second-order valence-corrected chi connectivity index (χ2v) is 7.48. The van der Waals surface area contributed by atoms with Crippen molar-refractivity contribution in [3.8, 4) is 5.75 Å². The van der Waals surface area contributed by atoms with Gasteiger partial charge >= 0.3 is 24.3 Å². The maximum Gasteiger partial charge on any atom is 0.490 e. The van der Waals surface area contributed by atoms with Gasteiger partial charge in [-0.25, -0.2) is 9.59 Å². The number of nitrogens with two attached hydrogens (primary N) is 1. The van der Waals surface area contributed by atoms with Gasteiger partial charge < -0.3 is 36.2 Å². The number of anilines is 3. The van der Waals surface area contributed by atoms with Crippen LogP contribution in [-0.2, 0) is 9.59 Å². The van der Waals surface area contributed by atoms with Gasteiger partial charge in [0.05, 0.1) is 6.04 Å². The van der Waals surface area contributed by atoms with Crippen LogP contribution in [0.3, 0.4) is 0 Å². The number of carboxylic acid groups (broad SMARTS) is 2. The number of nitrogen functional groups attached to an aromatic ring is 1. The first-order chi connectivity index (χ1) is 15.6. The van der Waals surface area contributed by atoms with Gasteiger partial charge in [-0.15, -0.1) is 0 Å². The predicted octanol–water partition coefficient (Wildman–Crippen LogP) is 1.32. The number of nitrogens with one attached hydrogen (secondary N) is 2. The highest BCUT2D eigenvalue weighted by atomic mass is 19.4. The van der Waals surface area contributed by atoms with Crippen molar-refractivity contribution in [1.82, 2.24) is 15.3 Å². The molecule has 0 bridgehead atoms. The smallest absolute Gasteiger partial charge is 0.484 e. The Bertz CT molecular complexity index is 865. The Morgan fingerprint density at radius 2 is 1.59 bits per heavy atom. The molecule has 2 aliphatic heterocycles. The molecule has 1 saturated carbocycles. The SMILES string of the molecule is CNC1CN(c2nc(N)nc3c2OC[C@@H](C2CC2)N3)C1.O=C(O)C(F)(F)F.O=C(O)C(F)(F)F. The van der Waals surface area contributed by atoms with Crippen molar-refractivity contribution in [2.45, 2.75) is 37.3 Å². The number of aliphatic carboxylic acids is 2. The van der Waals surface area contributed by atoms with Gasteiger partial charge in [0.15, 0.2) is 11.6 Å². The second-order valence-electron chi connectivity index (χ2n) is 7.48. The number of carboxylic acids is 2. The summed E-state index contributed by atoms with van der Waals surface area (Å²) in [5.41, 5.74) is 5.84. The summed E-state index contributed by atoms with van der Waals surface area (Å²) in [5.74, 6) is -2.16. The second kappa shape index (κ2) is 10.4. The lowest BCUT2D eigenvalue weighted by atomic mass is 10.1. The van der Waals surface area contributed by atoms with E-state index in [2.05, 4.69) is 25.5 Å². The van der Waals surface area contributed by atoms with E-state index >= 15 is 0 Å². The Kier molecular flexibility index (Phi) is 8.22. The zero-order valence-electron chi connectivity index (χ0n) is 17.6. The molecule has 3 aliphatic rings. The molecule has 2 fully saturated rings. The third-order valence-corrected chi connectivity index (χ3v) is 4.86. The van der Waals surface area contributed by atoms with Crippen LogP contribution in [0.25, 0.3) is 0 Å². The van der Waals surface area contributed by atoms with E-state index in [1.807, 2.05) is 7.05 Å². The van der Waals surface area contributed by atoms with Crippen LogP contribution >= 0.6 is 0 Å². The number of alkyl halides is 6. The summed E-state index contributed by atoms with van der Waals surface area (Å²) in [6, 6.07) is 0.878. The van der Waals surface area contributed by atoms with Gasteiger partial charge in [0.25, 0.3) is 0 Å². The first kappa shape index (κ1) is 27.0. The molecule has 4 rings (SSSR count). The van der Waals surface area contributed by atoms with Crippen LogP contribution in [0, 0.1) is 5.92 Å². The number of hydrogen-bond acceptors (Lipinski definition) is 9. The zero-order valence-corrected chi connectivity index (χ0v) is 17.6. The Hall–Kier alpha value is -3.24. The molecule has 6 N–H and O–H groups in total. The largest absolute Gasteiger partial charge is 0.490 e. The molecular weight excluding hydrogens is 482 g/mol. The maximum atomic E-state index is 10.6. The molecule has 192 valence electrons. The Morgan fingerprint density at radius 1 is 1.09 bits per heavy atom. The van der Waals surface area contributed by atoms with Crippen LogP contribution in [0.4, 0.5) is 43.9 Å². The minimum absolute atomic E-state index is 0.305. The fraction of sp³-hybridized carbons (Fsp3) is 0.647. The van der Waals surface area contributed by atoms with E-state index in [0.29, 0.717) is 24.6 Å². The highest BCUT2D eigenvalue weighted by Gasteiger charge is 2.39. The van der Waals surface area contributed by atoms with Gasteiger partial charge in [-0.1, -0.05) is 0 Å². The van der Waals surface area contributed by atoms with E-state index in [9.17, 15) is 26.3 Å². The monoisotopic (exact) mass is 504 g/mol. The van der Waals surface area contributed by atoms with E-state index < -0.39 is 24.3 Å². The molecule has 1 aliphatic carbocycles. The molecule has 17 heteroatoms. The van der Waals surface area contributed by atoms with Crippen LogP contribution in [0.15, 0.2) is 0 Å². The number of fused-ring (bicyclic) bond motifs is 1. The summed E-state index contributed by atoms with van der Waals surface area (Å²) < 4.78 is 69.4. The van der Waals surface area contributed by atoms with Crippen molar-refractivity contribution in [2.75, 3.05) is 42.7 Å². The van der Waals surface area contributed by atoms with Crippen LogP contribution in [0.5, 0.6) is 5.75 Å². The van der Waals surface area contributed by atoms with E-state index in [-0.39, 0.29) is 0 Å². The molecule has 34 heavy (non-hydrogen) atoms. The van der Waals surface area contributed by atoms with Crippen molar-refractivity contribution in [2.24, 2.45) is 5.92 Å². The Morgan fingerprint density at radius 3 is 2.00 bits per heavy atom. The van der Waals surface area contributed by atoms with Gasteiger partial charge in [0, 0.05) is 19.1 Å². The maximum absolute atomic E-state index is 10.6. The fourth-order valence-electron chi connectivity index (χ4n) is 2.88. The number of nitrogens with zero attached hydrogens (tertiary/aromatic N) is 3. The van der Waals surface area contributed by atoms with Gasteiger partial charge in [0.2, 0.25) is 11.7 Å². The summed E-state index contributed by atoms with van der Waals surface area (Å²) in [5, 5.41) is 21.0. The number of carbonyl (C=O) groups is 2. The summed E-state index contributed by atoms with van der Waals surface area (Å²) >= 11 is 0. The number of rotatable bonds is 3. The van der Waals surface area contributed by atoms with Gasteiger partial charge in [-0.05, 0) is 25.8 Å². The average Bonchev–Trinajstić information content (AvgIpc) is 3.51. The standard InChI is InChI=1S/C13H20N6O.2C2HF3O2/c1-15-8-4-19(5-8)12-10-11(17-13(14)18-12)16-9(6-20-10)7-2-3-7;2*3-2(4,5)1(6)7/h7-9,15H,2-6H2,1H3,(H3,14,16,17,18);2*(H,6,7)/t9-;;/m0../s1. The van der Waals surface area contributed by atoms with E-state index in [1.165, 1.54) is 12.8 Å². The van der Waals surface area contributed by atoms with Gasteiger partial charge in [-0.2, -0.15) is 36.3 Å². The molecule has 1 atom stereocenters. The molecule has 0 aromatic carbocycles. The molecule has 0 amide bonds. The summed E-state index contributed by atoms with van der Waals surface area (Å²) in [4.78, 5) is 28.6.